The number of carbonyl (C=O) groups excluding carboxylic acids is 2. The van der Waals surface area contributed by atoms with Crippen LogP contribution in [0.4, 0.5) is 0 Å². The summed E-state index contributed by atoms with van der Waals surface area (Å²) in [6.07, 6.45) is 6.51. The number of hydrogen-bond donors (Lipinski definition) is 1. The Morgan fingerprint density at radius 2 is 1.89 bits per heavy atom. The zero-order chi connectivity index (χ0) is 24.6. The molecule has 2 aliphatic rings. The minimum atomic E-state index is -0.986. The maximum atomic E-state index is 13.9. The Bertz CT molecular complexity index is 1220. The molecule has 0 bridgehead atoms. The zero-order valence-corrected chi connectivity index (χ0v) is 21.7. The third kappa shape index (κ3) is 4.46. The summed E-state index contributed by atoms with van der Waals surface area (Å²) in [5.41, 5.74) is 1.73. The second-order valence-electron chi connectivity index (χ2n) is 9.98. The highest BCUT2D eigenvalue weighted by Gasteiger charge is 2.48. The van der Waals surface area contributed by atoms with E-state index in [1.807, 2.05) is 44.2 Å². The van der Waals surface area contributed by atoms with E-state index in [0.29, 0.717) is 25.4 Å². The Morgan fingerprint density at radius 1 is 1.14 bits per heavy atom. The molecule has 3 aromatic rings. The van der Waals surface area contributed by atoms with Gasteiger partial charge in [-0.05, 0) is 62.9 Å². The van der Waals surface area contributed by atoms with Gasteiger partial charge in [-0.3, -0.25) is 9.59 Å². The summed E-state index contributed by atoms with van der Waals surface area (Å²) in [4.78, 5) is 30.9. The molecule has 0 spiro atoms. The quantitative estimate of drug-likeness (QED) is 0.471. The number of nitrogens with zero attached hydrogens (tertiary/aromatic N) is 2. The van der Waals surface area contributed by atoms with Crippen LogP contribution < -0.4 is 10.1 Å². The highest BCUT2D eigenvalue weighted by Crippen LogP contribution is 2.37. The van der Waals surface area contributed by atoms with Crippen molar-refractivity contribution < 1.29 is 14.3 Å². The van der Waals surface area contributed by atoms with Gasteiger partial charge in [0.1, 0.15) is 17.0 Å². The van der Waals surface area contributed by atoms with Crippen LogP contribution in [0.3, 0.4) is 0 Å². The lowest BCUT2D eigenvalue weighted by atomic mass is 9.91. The second kappa shape index (κ2) is 9.69. The van der Waals surface area contributed by atoms with E-state index in [2.05, 4.69) is 22.9 Å². The Labute approximate surface area is 211 Å². The van der Waals surface area contributed by atoms with Gasteiger partial charge >= 0.3 is 0 Å². The van der Waals surface area contributed by atoms with Crippen molar-refractivity contribution in [3.8, 4) is 5.75 Å². The number of benzene rings is 1. The van der Waals surface area contributed by atoms with Crippen molar-refractivity contribution in [3.63, 3.8) is 0 Å². The molecule has 0 saturated heterocycles. The van der Waals surface area contributed by atoms with E-state index < -0.39 is 5.54 Å². The monoisotopic (exact) mass is 493 g/mol. The van der Waals surface area contributed by atoms with Gasteiger partial charge in [-0.15, -0.1) is 11.3 Å². The third-order valence-electron chi connectivity index (χ3n) is 7.52. The number of rotatable bonds is 7. The molecule has 3 heterocycles. The fraction of sp³-hybridized carbons (Fsp3) is 0.500. The highest BCUT2D eigenvalue weighted by molar-refractivity contribution is 7.19. The summed E-state index contributed by atoms with van der Waals surface area (Å²) in [7, 11) is 0. The number of carbonyl (C=O) groups is 2. The van der Waals surface area contributed by atoms with Gasteiger partial charge in [0.05, 0.1) is 23.4 Å². The predicted octanol–water partition coefficient (Wildman–Crippen LogP) is 5.53. The SMILES string of the molecule is CCOc1ccc(CN2C(=O)c3cc4sc(CC)cc4n3C[C@@]2(C)C(=O)NC2CCCCC2)cc1. The van der Waals surface area contributed by atoms with Crippen LogP contribution in [0.2, 0.25) is 0 Å². The first-order valence-corrected chi connectivity index (χ1v) is 13.7. The lowest BCUT2D eigenvalue weighted by Gasteiger charge is -2.45. The average Bonchev–Trinajstić information content (AvgIpc) is 3.42. The first kappa shape index (κ1) is 23.9. The van der Waals surface area contributed by atoms with Crippen molar-refractivity contribution in [2.45, 2.75) is 84.0 Å². The van der Waals surface area contributed by atoms with E-state index >= 15 is 0 Å². The van der Waals surface area contributed by atoms with Gasteiger partial charge in [-0.1, -0.05) is 38.3 Å². The van der Waals surface area contributed by atoms with Crippen LogP contribution in [0.15, 0.2) is 36.4 Å². The molecule has 1 atom stereocenters. The molecule has 35 heavy (non-hydrogen) atoms. The van der Waals surface area contributed by atoms with E-state index in [9.17, 15) is 9.59 Å². The maximum absolute atomic E-state index is 13.9. The van der Waals surface area contributed by atoms with Crippen molar-refractivity contribution >= 4 is 33.4 Å². The van der Waals surface area contributed by atoms with Crippen LogP contribution in [0.1, 0.15) is 73.8 Å². The van der Waals surface area contributed by atoms with Crippen molar-refractivity contribution in [2.75, 3.05) is 6.61 Å². The van der Waals surface area contributed by atoms with Crippen LogP contribution in [0.5, 0.6) is 5.75 Å². The van der Waals surface area contributed by atoms with Crippen LogP contribution in [-0.2, 0) is 24.3 Å². The van der Waals surface area contributed by atoms with E-state index in [0.717, 1.165) is 53.6 Å². The summed E-state index contributed by atoms with van der Waals surface area (Å²) in [6.45, 7) is 7.47. The third-order valence-corrected chi connectivity index (χ3v) is 8.74. The molecule has 6 nitrogen and oxygen atoms in total. The minimum Gasteiger partial charge on any atom is -0.494 e. The van der Waals surface area contributed by atoms with Crippen LogP contribution in [-0.4, -0.2) is 39.5 Å². The summed E-state index contributed by atoms with van der Waals surface area (Å²) in [6, 6.07) is 12.2. The Morgan fingerprint density at radius 3 is 2.57 bits per heavy atom. The first-order valence-electron chi connectivity index (χ1n) is 12.9. The Hall–Kier alpha value is -2.80. The molecular weight excluding hydrogens is 458 g/mol. The average molecular weight is 494 g/mol. The van der Waals surface area contributed by atoms with Crippen molar-refractivity contribution in [1.82, 2.24) is 14.8 Å². The molecule has 2 amide bonds. The fourth-order valence-corrected chi connectivity index (χ4v) is 6.48. The largest absolute Gasteiger partial charge is 0.494 e. The number of aryl methyl sites for hydroxylation is 1. The number of hydrogen-bond acceptors (Lipinski definition) is 4. The van der Waals surface area contributed by atoms with E-state index in [1.54, 1.807) is 16.2 Å². The maximum Gasteiger partial charge on any atom is 0.271 e. The van der Waals surface area contributed by atoms with Gasteiger partial charge in [0.2, 0.25) is 5.91 Å². The Balaban J connectivity index is 1.50. The van der Waals surface area contributed by atoms with E-state index in [4.69, 9.17) is 4.74 Å². The summed E-state index contributed by atoms with van der Waals surface area (Å²) >= 11 is 1.74. The lowest BCUT2D eigenvalue weighted by Crippen LogP contribution is -2.64. The van der Waals surface area contributed by atoms with Crippen LogP contribution in [0.25, 0.3) is 10.2 Å². The van der Waals surface area contributed by atoms with Crippen LogP contribution in [0, 0.1) is 0 Å². The highest BCUT2D eigenvalue weighted by atomic mass is 32.1. The molecule has 0 unspecified atom stereocenters. The standard InChI is InChI=1S/C28H35N3O3S/c1-4-22-15-23-25(35-22)16-24-26(32)31(17-19-11-13-21(14-12-19)34-5-2)28(3,18-30(23)24)27(33)29-20-9-7-6-8-10-20/h11-16,20H,4-10,17-18H2,1-3H3,(H,29,33)/t28-/m0/s1. The van der Waals surface area contributed by atoms with E-state index in [-0.39, 0.29) is 17.9 Å². The molecule has 1 saturated carbocycles. The fourth-order valence-electron chi connectivity index (χ4n) is 5.44. The summed E-state index contributed by atoms with van der Waals surface area (Å²) in [5.74, 6) is 0.662. The summed E-state index contributed by atoms with van der Waals surface area (Å²) < 4.78 is 8.76. The van der Waals surface area contributed by atoms with Crippen molar-refractivity contribution in [2.24, 2.45) is 0 Å². The van der Waals surface area contributed by atoms with Gasteiger partial charge in [0.15, 0.2) is 0 Å². The molecule has 2 aromatic heterocycles. The molecule has 1 aliphatic carbocycles. The number of aromatic nitrogens is 1. The molecule has 7 heteroatoms. The molecule has 1 N–H and O–H groups in total. The second-order valence-corrected chi connectivity index (χ2v) is 11.2. The van der Waals surface area contributed by atoms with Crippen molar-refractivity contribution in [3.05, 3.63) is 52.5 Å². The molecule has 1 aliphatic heterocycles. The van der Waals surface area contributed by atoms with E-state index in [1.165, 1.54) is 11.3 Å². The summed E-state index contributed by atoms with van der Waals surface area (Å²) in [5, 5.41) is 3.32. The molecular formula is C28H35N3O3S. The predicted molar refractivity (Wildman–Crippen MR) is 140 cm³/mol. The number of ether oxygens (including phenoxy) is 1. The Kier molecular flexibility index (Phi) is 6.62. The first-order chi connectivity index (χ1) is 16.9. The molecule has 1 fully saturated rings. The molecule has 5 rings (SSSR count). The molecule has 1 aromatic carbocycles. The van der Waals surface area contributed by atoms with Crippen LogP contribution >= 0.6 is 11.3 Å². The topological polar surface area (TPSA) is 63.6 Å². The molecule has 0 radical (unpaired) electrons. The lowest BCUT2D eigenvalue weighted by molar-refractivity contribution is -0.134. The number of nitrogens with one attached hydrogen (secondary N) is 1. The van der Waals surface area contributed by atoms with Crippen molar-refractivity contribution in [1.29, 1.82) is 0 Å². The smallest absolute Gasteiger partial charge is 0.271 e. The number of fused-ring (bicyclic) bond motifs is 3. The minimum absolute atomic E-state index is 0.0536. The van der Waals surface area contributed by atoms with Gasteiger partial charge < -0.3 is 19.5 Å². The normalized spacial score (nSPS) is 20.8. The van der Waals surface area contributed by atoms with Gasteiger partial charge in [0, 0.05) is 17.5 Å². The number of amides is 2. The molecule has 186 valence electrons. The van der Waals surface area contributed by atoms with Gasteiger partial charge in [-0.2, -0.15) is 0 Å². The van der Waals surface area contributed by atoms with Gasteiger partial charge in [0.25, 0.3) is 5.91 Å². The zero-order valence-electron chi connectivity index (χ0n) is 20.9. The van der Waals surface area contributed by atoms with Gasteiger partial charge in [-0.25, -0.2) is 0 Å². The number of thiophene rings is 1.